The van der Waals surface area contributed by atoms with E-state index in [0.29, 0.717) is 19.5 Å². The van der Waals surface area contributed by atoms with Crippen LogP contribution in [0.2, 0.25) is 0 Å². The van der Waals surface area contributed by atoms with Crippen LogP contribution in [-0.2, 0) is 21.9 Å². The lowest BCUT2D eigenvalue weighted by Crippen LogP contribution is -2.61. The fourth-order valence-electron chi connectivity index (χ4n) is 3.58. The average molecular weight is 326 g/mol. The summed E-state index contributed by atoms with van der Waals surface area (Å²) in [5.41, 5.74) is -0.352. The largest absolute Gasteiger partial charge is 0.339 e. The highest BCUT2D eigenvalue weighted by Gasteiger charge is 2.46. The quantitative estimate of drug-likeness (QED) is 0.797. The number of hydrogen-bond acceptors (Lipinski definition) is 4. The minimum atomic E-state index is -3.59. The van der Waals surface area contributed by atoms with E-state index < -0.39 is 10.0 Å². The third kappa shape index (κ3) is 2.44. The first kappa shape index (κ1) is 15.5. The minimum absolute atomic E-state index is 0.0804. The molecule has 1 aromatic rings. The van der Waals surface area contributed by atoms with Gasteiger partial charge in [0.25, 0.3) is 10.0 Å². The Balaban J connectivity index is 1.88. The number of aromatic nitrogens is 2. The topological polar surface area (TPSA) is 75.5 Å². The van der Waals surface area contributed by atoms with E-state index in [-0.39, 0.29) is 16.5 Å². The standard InChI is InChI=1S/C14H22N4O3S/c1-16-9-12(15-11-16)22(20,21)18-8-4-7-14(10-18)6-3-5-13(19)17(14)2/h9,11H,3-8,10H2,1-2H3. The van der Waals surface area contributed by atoms with Gasteiger partial charge in [0.1, 0.15) is 0 Å². The van der Waals surface area contributed by atoms with Gasteiger partial charge in [-0.1, -0.05) is 0 Å². The summed E-state index contributed by atoms with van der Waals surface area (Å²) >= 11 is 0. The van der Waals surface area contributed by atoms with Crippen molar-refractivity contribution in [1.29, 1.82) is 0 Å². The molecule has 0 N–H and O–H groups in total. The summed E-state index contributed by atoms with van der Waals surface area (Å²) in [7, 11) is -0.0428. The third-order valence-electron chi connectivity index (χ3n) is 4.92. The lowest BCUT2D eigenvalue weighted by atomic mass is 9.81. The number of likely N-dealkylation sites (N-methyl/N-ethyl adjacent to an activating group) is 1. The second kappa shape index (κ2) is 5.34. The van der Waals surface area contributed by atoms with Crippen LogP contribution in [0.1, 0.15) is 32.1 Å². The molecule has 2 aliphatic heterocycles. The highest BCUT2D eigenvalue weighted by Crippen LogP contribution is 2.37. The molecule has 2 fully saturated rings. The van der Waals surface area contributed by atoms with Gasteiger partial charge in [-0.25, -0.2) is 13.4 Å². The van der Waals surface area contributed by atoms with Gasteiger partial charge in [0, 0.05) is 39.8 Å². The van der Waals surface area contributed by atoms with E-state index in [4.69, 9.17) is 0 Å². The van der Waals surface area contributed by atoms with Gasteiger partial charge in [-0.3, -0.25) is 4.79 Å². The number of amides is 1. The van der Waals surface area contributed by atoms with Crippen molar-refractivity contribution in [2.75, 3.05) is 20.1 Å². The Labute approximate surface area is 131 Å². The Morgan fingerprint density at radius 3 is 2.64 bits per heavy atom. The maximum atomic E-state index is 12.8. The summed E-state index contributed by atoms with van der Waals surface area (Å²) in [5.74, 6) is 0.114. The van der Waals surface area contributed by atoms with Crippen molar-refractivity contribution in [3.05, 3.63) is 12.5 Å². The number of piperidine rings is 2. The monoisotopic (exact) mass is 326 g/mol. The second-order valence-corrected chi connectivity index (χ2v) is 8.23. The molecule has 0 aromatic carbocycles. The van der Waals surface area contributed by atoms with Gasteiger partial charge in [0.15, 0.2) is 5.03 Å². The molecule has 8 heteroatoms. The zero-order valence-corrected chi connectivity index (χ0v) is 13.8. The SMILES string of the molecule is CN1C(=O)CCCC12CCCN(S(=O)(=O)c1cn(C)cn1)C2. The molecule has 0 radical (unpaired) electrons. The van der Waals surface area contributed by atoms with E-state index in [2.05, 4.69) is 4.98 Å². The molecule has 22 heavy (non-hydrogen) atoms. The van der Waals surface area contributed by atoms with Crippen molar-refractivity contribution in [3.63, 3.8) is 0 Å². The van der Waals surface area contributed by atoms with E-state index in [1.807, 2.05) is 0 Å². The highest BCUT2D eigenvalue weighted by atomic mass is 32.2. The number of rotatable bonds is 2. The van der Waals surface area contributed by atoms with Crippen molar-refractivity contribution in [3.8, 4) is 0 Å². The molecule has 1 spiro atoms. The van der Waals surface area contributed by atoms with Crippen LogP contribution in [0.5, 0.6) is 0 Å². The van der Waals surface area contributed by atoms with Crippen LogP contribution in [-0.4, -0.2) is 58.8 Å². The molecule has 1 unspecified atom stereocenters. The summed E-state index contributed by atoms with van der Waals surface area (Å²) in [6.45, 7) is 0.858. The molecule has 1 atom stereocenters. The van der Waals surface area contributed by atoms with E-state index >= 15 is 0 Å². The van der Waals surface area contributed by atoms with Crippen molar-refractivity contribution in [2.24, 2.45) is 7.05 Å². The number of carbonyl (C=O) groups excluding carboxylic acids is 1. The lowest BCUT2D eigenvalue weighted by Gasteiger charge is -2.50. The molecule has 2 saturated heterocycles. The Bertz CT molecular complexity index is 680. The first-order valence-corrected chi connectivity index (χ1v) is 9.04. The van der Waals surface area contributed by atoms with Crippen LogP contribution < -0.4 is 0 Å². The van der Waals surface area contributed by atoms with E-state index in [9.17, 15) is 13.2 Å². The van der Waals surface area contributed by atoms with Crippen LogP contribution in [0, 0.1) is 0 Å². The molecule has 122 valence electrons. The second-order valence-electron chi connectivity index (χ2n) is 6.35. The number of aryl methyl sites for hydroxylation is 1. The Hall–Kier alpha value is -1.41. The number of imidazole rings is 1. The number of carbonyl (C=O) groups is 1. The van der Waals surface area contributed by atoms with Crippen molar-refractivity contribution >= 4 is 15.9 Å². The maximum Gasteiger partial charge on any atom is 0.262 e. The summed E-state index contributed by atoms with van der Waals surface area (Å²) in [4.78, 5) is 17.8. The molecule has 3 heterocycles. The van der Waals surface area contributed by atoms with Crippen LogP contribution in [0.25, 0.3) is 0 Å². The third-order valence-corrected chi connectivity index (χ3v) is 6.66. The fourth-order valence-corrected chi connectivity index (χ4v) is 5.10. The average Bonchev–Trinajstić information content (AvgIpc) is 2.92. The van der Waals surface area contributed by atoms with Crippen molar-refractivity contribution < 1.29 is 13.2 Å². The number of nitrogens with zero attached hydrogens (tertiary/aromatic N) is 4. The van der Waals surface area contributed by atoms with Crippen LogP contribution in [0.4, 0.5) is 0 Å². The minimum Gasteiger partial charge on any atom is -0.339 e. The van der Waals surface area contributed by atoms with Crippen LogP contribution in [0.15, 0.2) is 17.6 Å². The van der Waals surface area contributed by atoms with E-state index in [1.54, 1.807) is 23.6 Å². The normalized spacial score (nSPS) is 27.5. The first-order chi connectivity index (χ1) is 10.3. The summed E-state index contributed by atoms with van der Waals surface area (Å²) in [6.07, 6.45) is 6.90. The van der Waals surface area contributed by atoms with Crippen LogP contribution in [0.3, 0.4) is 0 Å². The maximum absolute atomic E-state index is 12.8. The van der Waals surface area contributed by atoms with Gasteiger partial charge >= 0.3 is 0 Å². The summed E-state index contributed by atoms with van der Waals surface area (Å²) < 4.78 is 28.6. The zero-order valence-electron chi connectivity index (χ0n) is 13.0. The zero-order chi connectivity index (χ0) is 16.0. The molecule has 0 bridgehead atoms. The molecular formula is C14H22N4O3S. The number of hydrogen-bond donors (Lipinski definition) is 0. The number of likely N-dealkylation sites (tertiary alicyclic amines) is 1. The fraction of sp³-hybridized carbons (Fsp3) is 0.714. The van der Waals surface area contributed by atoms with Gasteiger partial charge in [0.05, 0.1) is 11.9 Å². The predicted molar refractivity (Wildman–Crippen MR) is 80.6 cm³/mol. The summed E-state index contributed by atoms with van der Waals surface area (Å²) in [6, 6.07) is 0. The molecule has 0 saturated carbocycles. The van der Waals surface area contributed by atoms with Gasteiger partial charge in [-0.15, -0.1) is 0 Å². The molecule has 7 nitrogen and oxygen atoms in total. The number of sulfonamides is 1. The van der Waals surface area contributed by atoms with Crippen molar-refractivity contribution in [2.45, 2.75) is 42.7 Å². The molecular weight excluding hydrogens is 304 g/mol. The van der Waals surface area contributed by atoms with Gasteiger partial charge in [-0.05, 0) is 25.7 Å². The van der Waals surface area contributed by atoms with Gasteiger partial charge in [0.2, 0.25) is 5.91 Å². The van der Waals surface area contributed by atoms with Gasteiger partial charge in [-0.2, -0.15) is 4.31 Å². The van der Waals surface area contributed by atoms with Crippen molar-refractivity contribution in [1.82, 2.24) is 18.8 Å². The molecule has 3 rings (SSSR count). The smallest absolute Gasteiger partial charge is 0.262 e. The Morgan fingerprint density at radius 2 is 1.95 bits per heavy atom. The highest BCUT2D eigenvalue weighted by molar-refractivity contribution is 7.89. The van der Waals surface area contributed by atoms with E-state index in [0.717, 1.165) is 25.7 Å². The molecule has 1 aromatic heterocycles. The Kier molecular flexibility index (Phi) is 3.76. The molecule has 2 aliphatic rings. The van der Waals surface area contributed by atoms with E-state index in [1.165, 1.54) is 16.8 Å². The first-order valence-electron chi connectivity index (χ1n) is 7.60. The summed E-state index contributed by atoms with van der Waals surface area (Å²) in [5, 5.41) is 0.0804. The molecule has 0 aliphatic carbocycles. The predicted octanol–water partition coefficient (Wildman–Crippen LogP) is 0.586. The molecule has 1 amide bonds. The Morgan fingerprint density at radius 1 is 1.23 bits per heavy atom. The van der Waals surface area contributed by atoms with Gasteiger partial charge < -0.3 is 9.47 Å². The van der Waals surface area contributed by atoms with Crippen LogP contribution >= 0.6 is 0 Å². The lowest BCUT2D eigenvalue weighted by molar-refractivity contribution is -0.141.